The van der Waals surface area contributed by atoms with E-state index >= 15 is 0 Å². The maximum Gasteiger partial charge on any atom is 0.0918 e. The normalized spacial score (nSPS) is 10.9. The fourth-order valence-electron chi connectivity index (χ4n) is 1.63. The quantitative estimate of drug-likeness (QED) is 0.533. The van der Waals surface area contributed by atoms with Crippen LogP contribution in [0.3, 0.4) is 0 Å². The van der Waals surface area contributed by atoms with Crippen LogP contribution in [0.1, 0.15) is 0 Å². The van der Waals surface area contributed by atoms with E-state index in [2.05, 4.69) is 21.2 Å². The van der Waals surface area contributed by atoms with Gasteiger partial charge in [-0.15, -0.1) is 0 Å². The molecule has 2 aliphatic rings. The maximum absolute atomic E-state index is 4.45. The van der Waals surface area contributed by atoms with Crippen molar-refractivity contribution in [3.05, 3.63) is 42.7 Å². The molecule has 0 fully saturated rings. The fraction of sp³-hybridized carbons (Fsp3) is 0. The average Bonchev–Trinajstić information content (AvgIpc) is 2.42. The van der Waals surface area contributed by atoms with Gasteiger partial charge in [0.25, 0.3) is 0 Å². The van der Waals surface area contributed by atoms with Crippen molar-refractivity contribution in [3.63, 3.8) is 0 Å². The zero-order valence-corrected chi connectivity index (χ0v) is 7.38. The van der Waals surface area contributed by atoms with E-state index in [4.69, 9.17) is 0 Å². The first kappa shape index (κ1) is 7.38. The Labute approximate surface area is 80.8 Å². The Morgan fingerprint density at radius 3 is 2.86 bits per heavy atom. The van der Waals surface area contributed by atoms with Gasteiger partial charge in [-0.2, -0.15) is 10.2 Å². The Balaban J connectivity index is 2.52. The molecule has 0 saturated heterocycles. The fourth-order valence-corrected chi connectivity index (χ4v) is 1.63. The van der Waals surface area contributed by atoms with Gasteiger partial charge in [0.05, 0.1) is 23.6 Å². The molecule has 1 aromatic carbocycles. The summed E-state index contributed by atoms with van der Waals surface area (Å²) in [6, 6.07) is 10.0. The Morgan fingerprint density at radius 1 is 0.929 bits per heavy atom. The zero-order chi connectivity index (χ0) is 9.38. The van der Waals surface area contributed by atoms with E-state index in [0.717, 1.165) is 22.2 Å². The number of aromatic nitrogens is 3. The number of hydrogen-bond donors (Lipinski definition) is 0. The summed E-state index contributed by atoms with van der Waals surface area (Å²) >= 11 is 0. The highest BCUT2D eigenvalue weighted by Crippen LogP contribution is 2.28. The molecule has 0 bridgehead atoms. The van der Waals surface area contributed by atoms with Crippen LogP contribution in [0.25, 0.3) is 22.2 Å². The summed E-state index contributed by atoms with van der Waals surface area (Å²) in [6.07, 6.45) is 3.38. The van der Waals surface area contributed by atoms with Crippen molar-refractivity contribution in [2.45, 2.75) is 0 Å². The first-order chi connectivity index (χ1) is 6.95. The second kappa shape index (κ2) is 2.73. The van der Waals surface area contributed by atoms with E-state index in [-0.39, 0.29) is 0 Å². The Hall–Kier alpha value is -2.03. The Bertz CT molecular complexity index is 562. The van der Waals surface area contributed by atoms with Gasteiger partial charge in [-0.05, 0) is 12.1 Å². The summed E-state index contributed by atoms with van der Waals surface area (Å²) in [5, 5.41) is 8.83. The van der Waals surface area contributed by atoms with Gasteiger partial charge in [-0.3, -0.25) is 0 Å². The van der Waals surface area contributed by atoms with Crippen LogP contribution in [0.4, 0.5) is 0 Å². The van der Waals surface area contributed by atoms with Gasteiger partial charge in [0, 0.05) is 10.9 Å². The van der Waals surface area contributed by atoms with Crippen LogP contribution in [0.5, 0.6) is 0 Å². The van der Waals surface area contributed by atoms with E-state index in [1.165, 1.54) is 0 Å². The molecule has 0 radical (unpaired) electrons. The maximum atomic E-state index is 4.45. The van der Waals surface area contributed by atoms with E-state index in [9.17, 15) is 0 Å². The number of nitrogens with zero attached hydrogens (tertiary/aromatic N) is 3. The van der Waals surface area contributed by atoms with E-state index < -0.39 is 0 Å². The molecule has 0 spiro atoms. The minimum absolute atomic E-state index is 0.892. The Morgan fingerprint density at radius 2 is 1.86 bits per heavy atom. The summed E-state index contributed by atoms with van der Waals surface area (Å²) in [4.78, 5) is 4.45. The Kier molecular flexibility index (Phi) is 1.44. The van der Waals surface area contributed by atoms with Crippen LogP contribution < -0.4 is 0 Å². The first-order valence-electron chi connectivity index (χ1n) is 4.40. The predicted octanol–water partition coefficient (Wildman–Crippen LogP) is 2.13. The summed E-state index contributed by atoms with van der Waals surface area (Å²) in [7, 11) is 0. The smallest absolute Gasteiger partial charge is 0.0918 e. The van der Waals surface area contributed by atoms with Crippen molar-refractivity contribution in [2.75, 3.05) is 0 Å². The molecule has 2 aliphatic heterocycles. The third-order valence-corrected chi connectivity index (χ3v) is 2.27. The highest BCUT2D eigenvalue weighted by molar-refractivity contribution is 5.96. The highest BCUT2D eigenvalue weighted by atomic mass is 15.1. The monoisotopic (exact) mass is 181 g/mol. The molecular weight excluding hydrogens is 174 g/mol. The molecule has 3 heteroatoms. The number of benzene rings is 1. The lowest BCUT2D eigenvalue weighted by Crippen LogP contribution is -1.70. The lowest BCUT2D eigenvalue weighted by molar-refractivity contribution is 1.05. The second-order valence-electron chi connectivity index (χ2n) is 3.10. The van der Waals surface area contributed by atoms with Gasteiger partial charge < -0.3 is 0 Å². The summed E-state index contributed by atoms with van der Waals surface area (Å²) < 4.78 is 0. The van der Waals surface area contributed by atoms with E-state index in [1.54, 1.807) is 12.4 Å². The van der Waals surface area contributed by atoms with Crippen LogP contribution >= 0.6 is 0 Å². The van der Waals surface area contributed by atoms with Crippen molar-refractivity contribution >= 4 is 10.9 Å². The molecule has 66 valence electrons. The molecule has 3 rings (SSSR count). The minimum Gasteiger partial charge on any atom is -0.246 e. The summed E-state index contributed by atoms with van der Waals surface area (Å²) in [6.45, 7) is 0. The largest absolute Gasteiger partial charge is 0.246 e. The molecule has 0 aliphatic carbocycles. The van der Waals surface area contributed by atoms with Gasteiger partial charge in [-0.1, -0.05) is 18.2 Å². The molecule has 0 saturated carbocycles. The number of para-hydroxylation sites is 1. The first-order valence-corrected chi connectivity index (χ1v) is 4.40. The van der Waals surface area contributed by atoms with Crippen molar-refractivity contribution in [1.82, 2.24) is 15.2 Å². The summed E-state index contributed by atoms with van der Waals surface area (Å²) in [5.74, 6) is 0. The average molecular weight is 181 g/mol. The van der Waals surface area contributed by atoms with Crippen LogP contribution in [0, 0.1) is 0 Å². The molecule has 0 amide bonds. The van der Waals surface area contributed by atoms with Crippen LogP contribution in [-0.2, 0) is 0 Å². The van der Waals surface area contributed by atoms with E-state index in [0.29, 0.717) is 0 Å². The topological polar surface area (TPSA) is 38.7 Å². The van der Waals surface area contributed by atoms with Crippen LogP contribution in [0.15, 0.2) is 42.7 Å². The highest BCUT2D eigenvalue weighted by Gasteiger charge is 2.08. The number of rotatable bonds is 0. The molecule has 1 aromatic rings. The predicted molar refractivity (Wildman–Crippen MR) is 54.0 cm³/mol. The van der Waals surface area contributed by atoms with Gasteiger partial charge >= 0.3 is 0 Å². The molecule has 0 atom stereocenters. The molecule has 2 heterocycles. The third kappa shape index (κ3) is 0.956. The summed E-state index contributed by atoms with van der Waals surface area (Å²) in [5.41, 5.74) is 3.00. The molecule has 0 unspecified atom stereocenters. The molecule has 0 aromatic heterocycles. The van der Waals surface area contributed by atoms with Gasteiger partial charge in [0.15, 0.2) is 0 Å². The zero-order valence-electron chi connectivity index (χ0n) is 7.38. The standard InChI is InChI=1S/C11H7N3/c1-2-4-10-8(3-1)9-5-6-12-13-7-11(9)14-10/h1-7H. The molecular formula is C11H7N3. The lowest BCUT2D eigenvalue weighted by atomic mass is 10.1. The van der Waals surface area contributed by atoms with Crippen molar-refractivity contribution in [2.24, 2.45) is 0 Å². The van der Waals surface area contributed by atoms with E-state index in [1.807, 2.05) is 24.3 Å². The van der Waals surface area contributed by atoms with Crippen molar-refractivity contribution in [1.29, 1.82) is 0 Å². The number of hydrogen-bond acceptors (Lipinski definition) is 3. The number of fused-ring (bicyclic) bond motifs is 3. The molecule has 3 nitrogen and oxygen atoms in total. The molecule has 14 heavy (non-hydrogen) atoms. The van der Waals surface area contributed by atoms with Gasteiger partial charge in [-0.25, -0.2) is 4.98 Å². The SMILES string of the molecule is c1ccc2c3ccnncc-3nc2c1. The van der Waals surface area contributed by atoms with Gasteiger partial charge in [0.1, 0.15) is 0 Å². The minimum atomic E-state index is 0.892. The second-order valence-corrected chi connectivity index (χ2v) is 3.10. The van der Waals surface area contributed by atoms with Crippen molar-refractivity contribution < 1.29 is 0 Å². The lowest BCUT2D eigenvalue weighted by Gasteiger charge is -1.88. The van der Waals surface area contributed by atoms with Crippen LogP contribution in [-0.4, -0.2) is 15.2 Å². The van der Waals surface area contributed by atoms with Crippen molar-refractivity contribution in [3.8, 4) is 11.3 Å². The third-order valence-electron chi connectivity index (χ3n) is 2.27. The van der Waals surface area contributed by atoms with Gasteiger partial charge in [0.2, 0.25) is 0 Å². The molecule has 0 N–H and O–H groups in total. The van der Waals surface area contributed by atoms with Crippen LogP contribution in [0.2, 0.25) is 0 Å².